The summed E-state index contributed by atoms with van der Waals surface area (Å²) in [5, 5.41) is 11.8. The maximum atomic E-state index is 14.7. The summed E-state index contributed by atoms with van der Waals surface area (Å²) in [5.41, 5.74) is 4.45. The molecule has 1 atom stereocenters. The molecule has 12 nitrogen and oxygen atoms in total. The molecule has 4 N–H and O–H groups in total. The number of benzene rings is 1. The quantitative estimate of drug-likeness (QED) is 0.380. The van der Waals surface area contributed by atoms with E-state index in [1.54, 1.807) is 12.1 Å². The van der Waals surface area contributed by atoms with Crippen molar-refractivity contribution in [2.24, 2.45) is 3.77 Å². The van der Waals surface area contributed by atoms with Crippen LogP contribution < -0.4 is 25.6 Å². The summed E-state index contributed by atoms with van der Waals surface area (Å²) in [6.07, 6.45) is -2.51. The number of hydrogen-bond acceptors (Lipinski definition) is 10. The molecule has 0 saturated carbocycles. The molecule has 1 aromatic carbocycles. The van der Waals surface area contributed by atoms with Gasteiger partial charge in [-0.2, -0.15) is 18.2 Å². The van der Waals surface area contributed by atoms with Crippen LogP contribution in [0.4, 0.5) is 33.6 Å². The number of sulfonamides is 1. The van der Waals surface area contributed by atoms with Crippen molar-refractivity contribution in [3.05, 3.63) is 59.8 Å². The first-order valence-electron chi connectivity index (χ1n) is 12.5. The van der Waals surface area contributed by atoms with E-state index in [2.05, 4.69) is 24.8 Å². The number of quaternary nitrogens is 1. The van der Waals surface area contributed by atoms with Crippen molar-refractivity contribution in [1.82, 2.24) is 9.97 Å². The fraction of sp³-hybridized carbons (Fsp3) is 0.320. The third-order valence-electron chi connectivity index (χ3n) is 5.34. The first-order valence-corrected chi connectivity index (χ1v) is 16.2. The number of carbonyl (C=O) groups is 1. The summed E-state index contributed by atoms with van der Waals surface area (Å²) in [7, 11) is -7.04. The van der Waals surface area contributed by atoms with E-state index in [1.165, 1.54) is 30.5 Å². The number of pyridine rings is 2. The van der Waals surface area contributed by atoms with Gasteiger partial charge in [-0.05, 0) is 29.8 Å². The van der Waals surface area contributed by atoms with Gasteiger partial charge in [0.25, 0.3) is 10.0 Å². The highest BCUT2D eigenvalue weighted by Gasteiger charge is 2.28. The van der Waals surface area contributed by atoms with Gasteiger partial charge in [0.1, 0.15) is 40.7 Å². The van der Waals surface area contributed by atoms with Crippen molar-refractivity contribution in [3.8, 4) is 22.8 Å². The highest BCUT2D eigenvalue weighted by Crippen LogP contribution is 2.34. The normalized spacial score (nSPS) is 14.5. The molecule has 3 heterocycles. The Balaban J connectivity index is 0.000000676. The number of carboxylic acids is 1. The summed E-state index contributed by atoms with van der Waals surface area (Å²) < 4.78 is 112. The van der Waals surface area contributed by atoms with E-state index in [-0.39, 0.29) is 60.1 Å². The van der Waals surface area contributed by atoms with Crippen LogP contribution in [0, 0.1) is 11.6 Å². The van der Waals surface area contributed by atoms with Gasteiger partial charge in [0, 0.05) is 35.9 Å². The van der Waals surface area contributed by atoms with Crippen LogP contribution in [0.1, 0.15) is 12.0 Å². The zero-order valence-electron chi connectivity index (χ0n) is 22.9. The lowest BCUT2D eigenvalue weighted by Crippen LogP contribution is -2.52. The number of aliphatic carboxylic acids is 1. The van der Waals surface area contributed by atoms with Crippen molar-refractivity contribution >= 4 is 37.4 Å². The summed E-state index contributed by atoms with van der Waals surface area (Å²) in [6, 6.07) is 8.36. The molecule has 0 spiro atoms. The fourth-order valence-electron chi connectivity index (χ4n) is 3.68. The molecule has 44 heavy (non-hydrogen) atoms. The monoisotopic (exact) mass is 667 g/mol. The van der Waals surface area contributed by atoms with Gasteiger partial charge in [0.05, 0.1) is 41.4 Å². The SMILES string of the molecule is CS(=O)(Cc1cc2nc(c1)OCCCOc1cc(F)ccc1-c1cc(ncc1F)N2)=NS(=O)(=O)CC[NH3+].O=C([O-])C(F)(F)F. The predicted molar refractivity (Wildman–Crippen MR) is 146 cm³/mol. The van der Waals surface area contributed by atoms with Gasteiger partial charge < -0.3 is 30.4 Å². The third-order valence-corrected chi connectivity index (χ3v) is 9.19. The van der Waals surface area contributed by atoms with Crippen LogP contribution in [0.5, 0.6) is 11.6 Å². The van der Waals surface area contributed by atoms with Crippen LogP contribution in [0.2, 0.25) is 0 Å². The second kappa shape index (κ2) is 14.1. The molecule has 4 rings (SSSR count). The number of anilines is 2. The van der Waals surface area contributed by atoms with E-state index in [4.69, 9.17) is 19.4 Å². The zero-order valence-corrected chi connectivity index (χ0v) is 24.5. The number of fused-ring (bicyclic) bond motifs is 6. The molecule has 0 fully saturated rings. The fourth-order valence-corrected chi connectivity index (χ4v) is 7.26. The number of carboxylic acid groups (broad SMARTS) is 1. The Kier molecular flexibility index (Phi) is 11.0. The number of ether oxygens (including phenoxy) is 2. The number of alkyl halides is 3. The summed E-state index contributed by atoms with van der Waals surface area (Å²) >= 11 is 0. The van der Waals surface area contributed by atoms with Gasteiger partial charge in [0.15, 0.2) is 0 Å². The van der Waals surface area contributed by atoms with E-state index in [1.807, 2.05) is 0 Å². The molecule has 0 aliphatic carbocycles. The van der Waals surface area contributed by atoms with E-state index in [9.17, 15) is 34.6 Å². The minimum Gasteiger partial charge on any atom is -0.542 e. The van der Waals surface area contributed by atoms with E-state index < -0.39 is 43.5 Å². The number of nitrogens with one attached hydrogen (secondary N) is 1. The molecule has 1 aliphatic rings. The molecule has 0 radical (unpaired) electrons. The van der Waals surface area contributed by atoms with Gasteiger partial charge in [-0.15, -0.1) is 3.77 Å². The summed E-state index contributed by atoms with van der Waals surface area (Å²) in [4.78, 5) is 17.2. The van der Waals surface area contributed by atoms with Crippen LogP contribution in [-0.2, 0) is 30.3 Å². The Morgan fingerprint density at radius 3 is 2.41 bits per heavy atom. The number of nitrogens with zero attached hydrogens (tertiary/aromatic N) is 3. The Morgan fingerprint density at radius 2 is 1.75 bits per heavy atom. The van der Waals surface area contributed by atoms with E-state index >= 15 is 0 Å². The highest BCUT2D eigenvalue weighted by molar-refractivity contribution is 8.02. The minimum absolute atomic E-state index is 0.110. The molecule has 2 aromatic heterocycles. The molecular formula is C25H26F5N5O7S2. The summed E-state index contributed by atoms with van der Waals surface area (Å²) in [5.74, 6) is -3.80. The molecule has 240 valence electrons. The number of aromatic nitrogens is 2. The van der Waals surface area contributed by atoms with Gasteiger partial charge in [-0.1, -0.05) is 0 Å². The first kappa shape index (κ1) is 34.4. The third kappa shape index (κ3) is 10.3. The topological polar surface area (TPSA) is 188 Å². The van der Waals surface area contributed by atoms with Gasteiger partial charge in [-0.25, -0.2) is 26.4 Å². The van der Waals surface area contributed by atoms with Crippen molar-refractivity contribution < 1.29 is 59.7 Å². The number of carbonyl (C=O) groups excluding carboxylic acids is 1. The Hall–Kier alpha value is -4.10. The molecule has 0 amide bonds. The Bertz CT molecular complexity index is 1750. The minimum atomic E-state index is -5.19. The van der Waals surface area contributed by atoms with Crippen LogP contribution >= 0.6 is 0 Å². The maximum absolute atomic E-state index is 14.7. The van der Waals surface area contributed by atoms with Crippen molar-refractivity contribution in [3.63, 3.8) is 0 Å². The van der Waals surface area contributed by atoms with Crippen LogP contribution in [0.25, 0.3) is 11.1 Å². The first-order chi connectivity index (χ1) is 20.5. The van der Waals surface area contributed by atoms with Crippen LogP contribution in [0.15, 0.2) is 46.4 Å². The molecule has 1 aliphatic heterocycles. The zero-order chi connectivity index (χ0) is 32.7. The average Bonchev–Trinajstić information content (AvgIpc) is 2.88. The van der Waals surface area contributed by atoms with E-state index in [0.717, 1.165) is 6.20 Å². The number of halogens is 5. The van der Waals surface area contributed by atoms with Crippen molar-refractivity contribution in [2.75, 3.05) is 37.1 Å². The van der Waals surface area contributed by atoms with E-state index in [0.29, 0.717) is 17.5 Å². The van der Waals surface area contributed by atoms with Gasteiger partial charge >= 0.3 is 6.18 Å². The lowest BCUT2D eigenvalue weighted by atomic mass is 10.0. The predicted octanol–water partition coefficient (Wildman–Crippen LogP) is 1.79. The second-order valence-electron chi connectivity index (χ2n) is 9.17. The van der Waals surface area contributed by atoms with Crippen LogP contribution in [0.3, 0.4) is 0 Å². The number of rotatable bonds is 5. The van der Waals surface area contributed by atoms with Crippen LogP contribution in [-0.4, -0.2) is 66.5 Å². The lowest BCUT2D eigenvalue weighted by Gasteiger charge is -2.16. The number of hydrogen-bond donors (Lipinski definition) is 2. The lowest BCUT2D eigenvalue weighted by molar-refractivity contribution is -0.360. The smallest absolute Gasteiger partial charge is 0.430 e. The summed E-state index contributed by atoms with van der Waals surface area (Å²) in [6.45, 7) is 0.452. The molecule has 1 unspecified atom stereocenters. The second-order valence-corrected chi connectivity index (χ2v) is 13.5. The molecule has 0 saturated heterocycles. The highest BCUT2D eigenvalue weighted by atomic mass is 32.3. The largest absolute Gasteiger partial charge is 0.542 e. The maximum Gasteiger partial charge on any atom is 0.430 e. The van der Waals surface area contributed by atoms with Gasteiger partial charge in [-0.3, -0.25) is 0 Å². The van der Waals surface area contributed by atoms with Gasteiger partial charge in [0.2, 0.25) is 5.88 Å². The standard InChI is InChI=1S/C23H25F2N5O5S2.C2HF3O2/c1-36(31,30-37(32,33)8-5-26)14-15-9-22-28-21-12-18(19(25)13-27-21)17-4-3-16(24)11-20(17)34-6-2-7-35-23(10-15)29-22;3-2(4,5)1(6)7/h3-4,9-13H,2,5-8,14,26H2,1H3,(H,27,28,29);(H,6,7). The Morgan fingerprint density at radius 1 is 1.07 bits per heavy atom. The molecule has 4 bridgehead atoms. The molecule has 3 aromatic rings. The van der Waals surface area contributed by atoms with Crippen molar-refractivity contribution in [2.45, 2.75) is 18.3 Å². The molecular weight excluding hydrogens is 641 g/mol. The van der Waals surface area contributed by atoms with Crippen molar-refractivity contribution in [1.29, 1.82) is 0 Å². The Labute approximate surface area is 248 Å². The molecule has 19 heteroatoms. The average molecular weight is 668 g/mol.